The van der Waals surface area contributed by atoms with Crippen LogP contribution in [0.1, 0.15) is 45.0 Å². The van der Waals surface area contributed by atoms with Gasteiger partial charge in [-0.15, -0.1) is 10.2 Å². The molecule has 90 valence electrons. The normalized spacial score (nSPS) is 25.2. The van der Waals surface area contributed by atoms with Crippen molar-refractivity contribution in [1.82, 2.24) is 10.2 Å². The Kier molecular flexibility index (Phi) is 3.79. The Morgan fingerprint density at radius 1 is 1.38 bits per heavy atom. The molecule has 2 rings (SSSR count). The number of rotatable bonds is 4. The van der Waals surface area contributed by atoms with Gasteiger partial charge in [-0.1, -0.05) is 38.5 Å². The SMILES string of the molecule is CC(C)Cc1nnc(NC2CCCC2C)s1. The molecule has 0 bridgehead atoms. The minimum Gasteiger partial charge on any atom is -0.357 e. The standard InChI is InChI=1S/C12H21N3S/c1-8(2)7-11-14-15-12(16-11)13-10-6-4-5-9(10)3/h8-10H,4-7H2,1-3H3,(H,13,15). The minimum absolute atomic E-state index is 0.611. The molecule has 4 heteroatoms. The fraction of sp³-hybridized carbons (Fsp3) is 0.833. The van der Waals surface area contributed by atoms with Crippen LogP contribution in [0, 0.1) is 11.8 Å². The van der Waals surface area contributed by atoms with Gasteiger partial charge >= 0.3 is 0 Å². The zero-order chi connectivity index (χ0) is 11.5. The Labute approximate surface area is 102 Å². The fourth-order valence-corrected chi connectivity index (χ4v) is 3.28. The minimum atomic E-state index is 0.611. The van der Waals surface area contributed by atoms with Gasteiger partial charge in [0.1, 0.15) is 5.01 Å². The lowest BCUT2D eigenvalue weighted by atomic mass is 10.1. The van der Waals surface area contributed by atoms with Crippen LogP contribution in [0.3, 0.4) is 0 Å². The third-order valence-electron chi connectivity index (χ3n) is 3.22. The van der Waals surface area contributed by atoms with Crippen LogP contribution in [0.15, 0.2) is 0 Å². The van der Waals surface area contributed by atoms with Gasteiger partial charge in [-0.05, 0) is 24.7 Å². The summed E-state index contributed by atoms with van der Waals surface area (Å²) in [5.74, 6) is 1.43. The quantitative estimate of drug-likeness (QED) is 0.875. The topological polar surface area (TPSA) is 37.8 Å². The molecule has 0 aromatic carbocycles. The van der Waals surface area contributed by atoms with Crippen molar-refractivity contribution in [2.24, 2.45) is 11.8 Å². The molecule has 3 nitrogen and oxygen atoms in total. The van der Waals surface area contributed by atoms with E-state index in [1.54, 1.807) is 11.3 Å². The summed E-state index contributed by atoms with van der Waals surface area (Å²) in [5.41, 5.74) is 0. The van der Waals surface area contributed by atoms with Gasteiger partial charge in [-0.25, -0.2) is 0 Å². The summed E-state index contributed by atoms with van der Waals surface area (Å²) in [5, 5.41) is 14.1. The highest BCUT2D eigenvalue weighted by molar-refractivity contribution is 7.15. The molecule has 1 aromatic heterocycles. The van der Waals surface area contributed by atoms with Crippen LogP contribution < -0.4 is 5.32 Å². The van der Waals surface area contributed by atoms with E-state index in [1.807, 2.05) is 0 Å². The van der Waals surface area contributed by atoms with Crippen molar-refractivity contribution in [3.05, 3.63) is 5.01 Å². The van der Waals surface area contributed by atoms with E-state index in [4.69, 9.17) is 0 Å². The largest absolute Gasteiger partial charge is 0.357 e. The number of anilines is 1. The number of hydrogen-bond donors (Lipinski definition) is 1. The second-order valence-electron chi connectivity index (χ2n) is 5.26. The Morgan fingerprint density at radius 2 is 2.19 bits per heavy atom. The number of nitrogens with zero attached hydrogens (tertiary/aromatic N) is 2. The predicted octanol–water partition coefficient (Wildman–Crippen LogP) is 3.34. The molecule has 2 atom stereocenters. The molecule has 0 spiro atoms. The summed E-state index contributed by atoms with van der Waals surface area (Å²) in [6.45, 7) is 6.75. The van der Waals surface area contributed by atoms with Crippen LogP contribution in [0.2, 0.25) is 0 Å². The Balaban J connectivity index is 1.92. The zero-order valence-corrected chi connectivity index (χ0v) is 11.2. The monoisotopic (exact) mass is 239 g/mol. The van der Waals surface area contributed by atoms with E-state index in [2.05, 4.69) is 36.3 Å². The molecule has 1 aromatic rings. The summed E-state index contributed by atoms with van der Waals surface area (Å²) in [4.78, 5) is 0. The van der Waals surface area contributed by atoms with Crippen LogP contribution in [0.4, 0.5) is 5.13 Å². The van der Waals surface area contributed by atoms with Gasteiger partial charge in [0.25, 0.3) is 0 Å². The van der Waals surface area contributed by atoms with E-state index in [-0.39, 0.29) is 0 Å². The van der Waals surface area contributed by atoms with Crippen LogP contribution in [-0.2, 0) is 6.42 Å². The first kappa shape index (κ1) is 11.8. The van der Waals surface area contributed by atoms with Crippen LogP contribution in [0.25, 0.3) is 0 Å². The average molecular weight is 239 g/mol. The van der Waals surface area contributed by atoms with Gasteiger partial charge in [-0.3, -0.25) is 0 Å². The van der Waals surface area contributed by atoms with Crippen LogP contribution in [-0.4, -0.2) is 16.2 Å². The lowest BCUT2D eigenvalue weighted by Crippen LogP contribution is -2.21. The van der Waals surface area contributed by atoms with Gasteiger partial charge in [0.2, 0.25) is 5.13 Å². The molecule has 0 aliphatic heterocycles. The molecule has 1 N–H and O–H groups in total. The van der Waals surface area contributed by atoms with Gasteiger partial charge in [-0.2, -0.15) is 0 Å². The predicted molar refractivity (Wildman–Crippen MR) is 68.9 cm³/mol. The Bertz CT molecular complexity index is 335. The zero-order valence-electron chi connectivity index (χ0n) is 10.4. The molecule has 1 aliphatic carbocycles. The molecular weight excluding hydrogens is 218 g/mol. The molecule has 1 heterocycles. The third kappa shape index (κ3) is 2.94. The molecule has 0 amide bonds. The van der Waals surface area contributed by atoms with Gasteiger partial charge in [0.05, 0.1) is 0 Å². The van der Waals surface area contributed by atoms with Crippen molar-refractivity contribution in [3.8, 4) is 0 Å². The highest BCUT2D eigenvalue weighted by atomic mass is 32.1. The van der Waals surface area contributed by atoms with E-state index >= 15 is 0 Å². The molecule has 1 aliphatic rings. The van der Waals surface area contributed by atoms with E-state index in [0.717, 1.165) is 22.5 Å². The molecule has 2 unspecified atom stereocenters. The first-order valence-corrected chi connectivity index (χ1v) is 7.05. The Morgan fingerprint density at radius 3 is 2.81 bits per heavy atom. The number of hydrogen-bond acceptors (Lipinski definition) is 4. The molecule has 0 saturated heterocycles. The van der Waals surface area contributed by atoms with E-state index in [0.29, 0.717) is 12.0 Å². The number of nitrogens with one attached hydrogen (secondary N) is 1. The van der Waals surface area contributed by atoms with Crippen LogP contribution in [0.5, 0.6) is 0 Å². The van der Waals surface area contributed by atoms with Crippen molar-refractivity contribution in [2.75, 3.05) is 5.32 Å². The van der Waals surface area contributed by atoms with E-state index < -0.39 is 0 Å². The highest BCUT2D eigenvalue weighted by Crippen LogP contribution is 2.29. The van der Waals surface area contributed by atoms with Crippen molar-refractivity contribution in [2.45, 2.75) is 52.5 Å². The summed E-state index contributed by atoms with van der Waals surface area (Å²) in [6, 6.07) is 0.611. The average Bonchev–Trinajstić information content (AvgIpc) is 2.77. The highest BCUT2D eigenvalue weighted by Gasteiger charge is 2.24. The summed E-state index contributed by atoms with van der Waals surface area (Å²) >= 11 is 1.72. The summed E-state index contributed by atoms with van der Waals surface area (Å²) in [7, 11) is 0. The number of aromatic nitrogens is 2. The van der Waals surface area contributed by atoms with E-state index in [1.165, 1.54) is 19.3 Å². The lowest BCUT2D eigenvalue weighted by molar-refractivity contribution is 0.555. The van der Waals surface area contributed by atoms with Crippen molar-refractivity contribution < 1.29 is 0 Å². The first-order valence-electron chi connectivity index (χ1n) is 6.24. The van der Waals surface area contributed by atoms with Gasteiger partial charge in [0.15, 0.2) is 0 Å². The molecular formula is C12H21N3S. The second kappa shape index (κ2) is 5.13. The summed E-state index contributed by atoms with van der Waals surface area (Å²) < 4.78 is 0. The Hall–Kier alpha value is -0.640. The molecule has 1 saturated carbocycles. The van der Waals surface area contributed by atoms with Crippen LogP contribution >= 0.6 is 11.3 Å². The lowest BCUT2D eigenvalue weighted by Gasteiger charge is -2.15. The maximum atomic E-state index is 4.23. The fourth-order valence-electron chi connectivity index (χ4n) is 2.26. The molecule has 1 fully saturated rings. The first-order chi connectivity index (χ1) is 7.65. The third-order valence-corrected chi connectivity index (χ3v) is 4.10. The smallest absolute Gasteiger partial charge is 0.205 e. The maximum Gasteiger partial charge on any atom is 0.205 e. The summed E-state index contributed by atoms with van der Waals surface area (Å²) in [6.07, 6.45) is 5.01. The van der Waals surface area contributed by atoms with Crippen molar-refractivity contribution >= 4 is 16.5 Å². The molecule has 0 radical (unpaired) electrons. The van der Waals surface area contributed by atoms with Gasteiger partial charge in [0, 0.05) is 12.5 Å². The van der Waals surface area contributed by atoms with Gasteiger partial charge < -0.3 is 5.32 Å². The second-order valence-corrected chi connectivity index (χ2v) is 6.32. The van der Waals surface area contributed by atoms with Crippen molar-refractivity contribution in [1.29, 1.82) is 0 Å². The molecule has 16 heavy (non-hydrogen) atoms. The maximum absolute atomic E-state index is 4.23. The van der Waals surface area contributed by atoms with Crippen molar-refractivity contribution in [3.63, 3.8) is 0 Å². The van der Waals surface area contributed by atoms with E-state index in [9.17, 15) is 0 Å².